The van der Waals surface area contributed by atoms with Gasteiger partial charge in [-0.2, -0.15) is 0 Å². The van der Waals surface area contributed by atoms with Crippen molar-refractivity contribution in [2.45, 2.75) is 6.92 Å². The molecular formula is C16H15ClO3. The van der Waals surface area contributed by atoms with Crippen LogP contribution in [0.1, 0.15) is 17.3 Å². The van der Waals surface area contributed by atoms with Gasteiger partial charge in [-0.25, -0.2) is 0 Å². The van der Waals surface area contributed by atoms with Gasteiger partial charge in [0.25, 0.3) is 0 Å². The highest BCUT2D eigenvalue weighted by molar-refractivity contribution is 6.30. The second-order valence-corrected chi connectivity index (χ2v) is 4.53. The molecule has 0 N–H and O–H groups in total. The molecule has 0 unspecified atom stereocenters. The van der Waals surface area contributed by atoms with Crippen molar-refractivity contribution in [2.24, 2.45) is 0 Å². The summed E-state index contributed by atoms with van der Waals surface area (Å²) < 4.78 is 11.0. The average molecular weight is 291 g/mol. The summed E-state index contributed by atoms with van der Waals surface area (Å²) in [6.45, 7) is 2.41. The van der Waals surface area contributed by atoms with Crippen molar-refractivity contribution in [3.05, 3.63) is 59.1 Å². The van der Waals surface area contributed by atoms with E-state index in [-0.39, 0.29) is 12.4 Å². The monoisotopic (exact) mass is 290 g/mol. The van der Waals surface area contributed by atoms with Crippen molar-refractivity contribution in [3.63, 3.8) is 0 Å². The predicted molar refractivity (Wildman–Crippen MR) is 78.9 cm³/mol. The third-order valence-electron chi connectivity index (χ3n) is 2.67. The minimum Gasteiger partial charge on any atom is -0.490 e. The zero-order chi connectivity index (χ0) is 14.4. The smallest absolute Gasteiger partial charge is 0.200 e. The Balaban J connectivity index is 2.01. The second-order valence-electron chi connectivity index (χ2n) is 4.10. The Hall–Kier alpha value is -2.00. The molecule has 2 aromatic rings. The molecule has 0 aliphatic heterocycles. The molecule has 0 aliphatic rings. The molecule has 0 heterocycles. The van der Waals surface area contributed by atoms with Gasteiger partial charge in [-0.3, -0.25) is 4.79 Å². The first-order valence-electron chi connectivity index (χ1n) is 6.34. The van der Waals surface area contributed by atoms with E-state index >= 15 is 0 Å². The van der Waals surface area contributed by atoms with Crippen LogP contribution >= 0.6 is 11.6 Å². The summed E-state index contributed by atoms with van der Waals surface area (Å²) in [6, 6.07) is 14.0. The van der Waals surface area contributed by atoms with E-state index < -0.39 is 0 Å². The Kier molecular flexibility index (Phi) is 5.02. The average Bonchev–Trinajstić information content (AvgIpc) is 2.47. The number of para-hydroxylation sites is 2. The molecule has 0 aromatic heterocycles. The van der Waals surface area contributed by atoms with Gasteiger partial charge in [0.1, 0.15) is 0 Å². The fourth-order valence-electron chi connectivity index (χ4n) is 1.71. The number of rotatable bonds is 6. The van der Waals surface area contributed by atoms with Crippen LogP contribution < -0.4 is 9.47 Å². The van der Waals surface area contributed by atoms with Crippen LogP contribution in [0, 0.1) is 0 Å². The van der Waals surface area contributed by atoms with Gasteiger partial charge in [0, 0.05) is 10.6 Å². The van der Waals surface area contributed by atoms with Crippen LogP contribution in [0.3, 0.4) is 0 Å². The van der Waals surface area contributed by atoms with Crippen LogP contribution in [-0.4, -0.2) is 19.0 Å². The van der Waals surface area contributed by atoms with Crippen LogP contribution in [-0.2, 0) is 0 Å². The summed E-state index contributed by atoms with van der Waals surface area (Å²) in [7, 11) is 0. The first-order valence-corrected chi connectivity index (χ1v) is 6.72. The molecule has 0 bridgehead atoms. The lowest BCUT2D eigenvalue weighted by atomic mass is 10.1. The molecular weight excluding hydrogens is 276 g/mol. The van der Waals surface area contributed by atoms with E-state index in [4.69, 9.17) is 21.1 Å². The number of hydrogen-bond acceptors (Lipinski definition) is 3. The number of carbonyl (C=O) groups excluding carboxylic acids is 1. The van der Waals surface area contributed by atoms with Crippen LogP contribution in [0.5, 0.6) is 11.5 Å². The van der Waals surface area contributed by atoms with Gasteiger partial charge < -0.3 is 9.47 Å². The molecule has 104 valence electrons. The molecule has 2 rings (SSSR count). The molecule has 0 saturated heterocycles. The van der Waals surface area contributed by atoms with Gasteiger partial charge in [-0.05, 0) is 43.3 Å². The number of ether oxygens (including phenoxy) is 2. The SMILES string of the molecule is CCOc1ccccc1OCC(=O)c1ccc(Cl)cc1. The molecule has 0 atom stereocenters. The van der Waals surface area contributed by atoms with E-state index in [9.17, 15) is 4.79 Å². The van der Waals surface area contributed by atoms with Crippen LogP contribution in [0.25, 0.3) is 0 Å². The maximum absolute atomic E-state index is 12.0. The molecule has 0 saturated carbocycles. The minimum atomic E-state index is -0.104. The lowest BCUT2D eigenvalue weighted by molar-refractivity contribution is 0.0919. The number of benzene rings is 2. The first-order chi connectivity index (χ1) is 9.70. The highest BCUT2D eigenvalue weighted by Gasteiger charge is 2.09. The van der Waals surface area contributed by atoms with Crippen LogP contribution in [0.4, 0.5) is 0 Å². The Bertz CT molecular complexity index is 579. The molecule has 4 heteroatoms. The molecule has 3 nitrogen and oxygen atoms in total. The number of hydrogen-bond donors (Lipinski definition) is 0. The van der Waals surface area contributed by atoms with Crippen molar-refractivity contribution in [1.29, 1.82) is 0 Å². The molecule has 2 aromatic carbocycles. The summed E-state index contributed by atoms with van der Waals surface area (Å²) >= 11 is 5.79. The highest BCUT2D eigenvalue weighted by atomic mass is 35.5. The Morgan fingerprint density at radius 1 is 1.00 bits per heavy atom. The number of ketones is 1. The quantitative estimate of drug-likeness (QED) is 0.754. The lowest BCUT2D eigenvalue weighted by Crippen LogP contribution is -2.12. The second kappa shape index (κ2) is 6.96. The molecule has 0 fully saturated rings. The first kappa shape index (κ1) is 14.4. The van der Waals surface area contributed by atoms with Gasteiger partial charge in [0.2, 0.25) is 0 Å². The topological polar surface area (TPSA) is 35.5 Å². The Labute approximate surface area is 123 Å². The van der Waals surface area contributed by atoms with E-state index in [1.165, 1.54) is 0 Å². The van der Waals surface area contributed by atoms with E-state index in [1.54, 1.807) is 30.3 Å². The molecule has 0 aliphatic carbocycles. The van der Waals surface area contributed by atoms with E-state index in [2.05, 4.69) is 0 Å². The predicted octanol–water partition coefficient (Wildman–Crippen LogP) is 4.00. The van der Waals surface area contributed by atoms with E-state index in [1.807, 2.05) is 25.1 Å². The molecule has 0 radical (unpaired) electrons. The summed E-state index contributed by atoms with van der Waals surface area (Å²) in [6.07, 6.45) is 0. The molecule has 20 heavy (non-hydrogen) atoms. The lowest BCUT2D eigenvalue weighted by Gasteiger charge is -2.11. The fourth-order valence-corrected chi connectivity index (χ4v) is 1.83. The number of Topliss-reactive ketones (excluding diaryl/α,β-unsaturated/α-hetero) is 1. The van der Waals surface area contributed by atoms with Crippen LogP contribution in [0.15, 0.2) is 48.5 Å². The van der Waals surface area contributed by atoms with Crippen molar-refractivity contribution in [3.8, 4) is 11.5 Å². The Morgan fingerprint density at radius 2 is 1.60 bits per heavy atom. The Morgan fingerprint density at radius 3 is 2.20 bits per heavy atom. The van der Waals surface area contributed by atoms with Crippen LogP contribution in [0.2, 0.25) is 5.02 Å². The summed E-state index contributed by atoms with van der Waals surface area (Å²) in [4.78, 5) is 12.0. The van der Waals surface area contributed by atoms with Gasteiger partial charge in [-0.1, -0.05) is 23.7 Å². The third-order valence-corrected chi connectivity index (χ3v) is 2.93. The maximum atomic E-state index is 12.0. The zero-order valence-corrected chi connectivity index (χ0v) is 11.9. The number of halogens is 1. The zero-order valence-electron chi connectivity index (χ0n) is 11.1. The maximum Gasteiger partial charge on any atom is 0.200 e. The summed E-state index contributed by atoms with van der Waals surface area (Å²) in [5.41, 5.74) is 0.572. The van der Waals surface area contributed by atoms with E-state index in [0.717, 1.165) is 0 Å². The fraction of sp³-hybridized carbons (Fsp3) is 0.188. The van der Waals surface area contributed by atoms with Crippen molar-refractivity contribution in [2.75, 3.05) is 13.2 Å². The number of carbonyl (C=O) groups is 1. The third kappa shape index (κ3) is 3.75. The largest absolute Gasteiger partial charge is 0.490 e. The van der Waals surface area contributed by atoms with Gasteiger partial charge >= 0.3 is 0 Å². The normalized spacial score (nSPS) is 10.1. The van der Waals surface area contributed by atoms with Gasteiger partial charge in [0.15, 0.2) is 23.9 Å². The minimum absolute atomic E-state index is 0.0360. The van der Waals surface area contributed by atoms with Crippen molar-refractivity contribution >= 4 is 17.4 Å². The van der Waals surface area contributed by atoms with Gasteiger partial charge in [-0.15, -0.1) is 0 Å². The van der Waals surface area contributed by atoms with Crippen molar-refractivity contribution in [1.82, 2.24) is 0 Å². The van der Waals surface area contributed by atoms with Crippen molar-refractivity contribution < 1.29 is 14.3 Å². The van der Waals surface area contributed by atoms with Gasteiger partial charge in [0.05, 0.1) is 6.61 Å². The summed E-state index contributed by atoms with van der Waals surface area (Å²) in [5.74, 6) is 1.10. The highest BCUT2D eigenvalue weighted by Crippen LogP contribution is 2.26. The standard InChI is InChI=1S/C16H15ClO3/c1-2-19-15-5-3-4-6-16(15)20-11-14(18)12-7-9-13(17)10-8-12/h3-10H,2,11H2,1H3. The summed E-state index contributed by atoms with van der Waals surface area (Å²) in [5, 5.41) is 0.601. The molecule has 0 amide bonds. The van der Waals surface area contributed by atoms with E-state index in [0.29, 0.717) is 28.7 Å². The molecule has 0 spiro atoms.